The maximum atomic E-state index is 11.8. The second-order valence-corrected chi connectivity index (χ2v) is 8.17. The Bertz CT molecular complexity index is 902. The topological polar surface area (TPSA) is 82.9 Å². The van der Waals surface area contributed by atoms with E-state index in [9.17, 15) is 9.59 Å². The van der Waals surface area contributed by atoms with Gasteiger partial charge in [-0.3, -0.25) is 9.59 Å². The monoisotopic (exact) mass is 500 g/mol. The van der Waals surface area contributed by atoms with Crippen molar-refractivity contribution < 1.29 is 9.59 Å². The minimum atomic E-state index is -0.213. The second-order valence-electron chi connectivity index (χ2n) is 6.48. The Morgan fingerprint density at radius 2 is 1.13 bits per heavy atom. The highest BCUT2D eigenvalue weighted by Gasteiger charge is 2.04. The van der Waals surface area contributed by atoms with E-state index in [2.05, 4.69) is 21.1 Å². The molecule has 0 bridgehead atoms. The zero-order valence-electron chi connectivity index (χ0n) is 16.4. The summed E-state index contributed by atoms with van der Waals surface area (Å²) in [5.74, 6) is -0.425. The zero-order chi connectivity index (χ0) is 22.6. The number of nitrogens with zero attached hydrogens (tertiary/aromatic N) is 2. The summed E-state index contributed by atoms with van der Waals surface area (Å²) in [7, 11) is 0. The van der Waals surface area contributed by atoms with Crippen LogP contribution in [0.4, 0.5) is 0 Å². The van der Waals surface area contributed by atoms with E-state index in [1.54, 1.807) is 36.4 Å². The Morgan fingerprint density at radius 3 is 1.52 bits per heavy atom. The van der Waals surface area contributed by atoms with Crippen LogP contribution in [0, 0.1) is 0 Å². The molecule has 0 atom stereocenters. The van der Waals surface area contributed by atoms with Crippen molar-refractivity contribution in [3.05, 3.63) is 67.6 Å². The quantitative estimate of drug-likeness (QED) is 0.243. The van der Waals surface area contributed by atoms with Gasteiger partial charge in [-0.05, 0) is 37.1 Å². The predicted octanol–water partition coefficient (Wildman–Crippen LogP) is 5.85. The molecule has 2 rings (SSSR count). The van der Waals surface area contributed by atoms with Crippen molar-refractivity contribution in [3.63, 3.8) is 0 Å². The van der Waals surface area contributed by atoms with E-state index in [4.69, 9.17) is 46.4 Å². The summed E-state index contributed by atoms with van der Waals surface area (Å²) in [6.45, 7) is 0. The van der Waals surface area contributed by atoms with Crippen molar-refractivity contribution in [2.24, 2.45) is 10.2 Å². The summed E-state index contributed by atoms with van der Waals surface area (Å²) in [5, 5.41) is 9.71. The van der Waals surface area contributed by atoms with Gasteiger partial charge in [0.1, 0.15) is 0 Å². The molecular weight excluding hydrogens is 482 g/mol. The molecule has 2 N–H and O–H groups in total. The summed E-state index contributed by atoms with van der Waals surface area (Å²) >= 11 is 23.7. The molecule has 0 aliphatic heterocycles. The molecular formula is C21H20Cl4N4O2. The van der Waals surface area contributed by atoms with Gasteiger partial charge in [-0.1, -0.05) is 65.0 Å². The van der Waals surface area contributed by atoms with E-state index < -0.39 is 0 Å². The summed E-state index contributed by atoms with van der Waals surface area (Å²) < 4.78 is 0. The number of carbonyl (C=O) groups excluding carboxylic acids is 2. The summed E-state index contributed by atoms with van der Waals surface area (Å²) in [6, 6.07) is 9.98. The van der Waals surface area contributed by atoms with E-state index in [-0.39, 0.29) is 11.8 Å². The van der Waals surface area contributed by atoms with Gasteiger partial charge in [0.2, 0.25) is 11.8 Å². The summed E-state index contributed by atoms with van der Waals surface area (Å²) in [6.07, 6.45) is 5.53. The lowest BCUT2D eigenvalue weighted by Crippen LogP contribution is -2.18. The van der Waals surface area contributed by atoms with Gasteiger partial charge in [0.15, 0.2) is 0 Å². The van der Waals surface area contributed by atoms with Crippen LogP contribution in [0.5, 0.6) is 0 Å². The molecule has 0 aliphatic rings. The highest BCUT2D eigenvalue weighted by Crippen LogP contribution is 2.20. The van der Waals surface area contributed by atoms with Gasteiger partial charge in [0, 0.05) is 34.0 Å². The van der Waals surface area contributed by atoms with Crippen LogP contribution in [0.3, 0.4) is 0 Å². The van der Waals surface area contributed by atoms with Crippen molar-refractivity contribution in [1.29, 1.82) is 0 Å². The lowest BCUT2D eigenvalue weighted by Gasteiger charge is -2.02. The number of hydrogen-bond acceptors (Lipinski definition) is 4. The molecule has 6 nitrogen and oxygen atoms in total. The number of hydrogen-bond donors (Lipinski definition) is 2. The maximum Gasteiger partial charge on any atom is 0.240 e. The fourth-order valence-corrected chi connectivity index (χ4v) is 3.33. The van der Waals surface area contributed by atoms with Crippen LogP contribution < -0.4 is 10.9 Å². The molecule has 0 radical (unpaired) electrons. The molecule has 0 unspecified atom stereocenters. The Morgan fingerprint density at radius 1 is 0.710 bits per heavy atom. The number of rotatable bonds is 10. The molecule has 164 valence electrons. The van der Waals surface area contributed by atoms with Crippen LogP contribution >= 0.6 is 46.4 Å². The molecule has 0 aromatic heterocycles. The first-order valence-electron chi connectivity index (χ1n) is 9.39. The molecule has 0 aliphatic carbocycles. The Labute approximate surface area is 200 Å². The highest BCUT2D eigenvalue weighted by molar-refractivity contribution is 6.36. The van der Waals surface area contributed by atoms with Crippen molar-refractivity contribution in [3.8, 4) is 0 Å². The number of unbranched alkanes of at least 4 members (excludes halogenated alkanes) is 2. The predicted molar refractivity (Wildman–Crippen MR) is 127 cm³/mol. The van der Waals surface area contributed by atoms with E-state index in [1.165, 1.54) is 12.4 Å². The normalized spacial score (nSPS) is 11.2. The molecule has 2 aromatic carbocycles. The standard InChI is InChI=1S/C21H20Cl4N4O2/c22-16-8-6-14(18(24)10-16)12-26-28-20(30)4-2-1-3-5-21(31)29-27-13-15-7-9-17(23)11-19(15)25/h6-13H,1-5H2,(H,28,30)(H,29,31). The van der Waals surface area contributed by atoms with Gasteiger partial charge in [0.25, 0.3) is 0 Å². The van der Waals surface area contributed by atoms with Crippen molar-refractivity contribution >= 4 is 70.6 Å². The van der Waals surface area contributed by atoms with Gasteiger partial charge in [-0.15, -0.1) is 0 Å². The molecule has 0 heterocycles. The zero-order valence-corrected chi connectivity index (χ0v) is 19.4. The largest absolute Gasteiger partial charge is 0.273 e. The fraction of sp³-hybridized carbons (Fsp3) is 0.238. The van der Waals surface area contributed by atoms with Crippen LogP contribution in [-0.4, -0.2) is 24.2 Å². The first kappa shape index (κ1) is 25.1. The van der Waals surface area contributed by atoms with Crippen LogP contribution in [0.1, 0.15) is 43.2 Å². The Balaban J connectivity index is 1.58. The number of hydrazone groups is 2. The third-order valence-electron chi connectivity index (χ3n) is 4.02. The number of halogens is 4. The number of carbonyl (C=O) groups is 2. The van der Waals surface area contributed by atoms with E-state index in [1.807, 2.05) is 0 Å². The molecule has 0 spiro atoms. The molecule has 0 saturated carbocycles. The lowest BCUT2D eigenvalue weighted by atomic mass is 10.1. The van der Waals surface area contributed by atoms with Crippen LogP contribution in [0.15, 0.2) is 46.6 Å². The van der Waals surface area contributed by atoms with E-state index >= 15 is 0 Å². The van der Waals surface area contributed by atoms with Crippen molar-refractivity contribution in [2.45, 2.75) is 32.1 Å². The number of amides is 2. The molecule has 0 saturated heterocycles. The Hall–Kier alpha value is -2.12. The highest BCUT2D eigenvalue weighted by atomic mass is 35.5. The van der Waals surface area contributed by atoms with Gasteiger partial charge in [0.05, 0.1) is 22.5 Å². The number of benzene rings is 2. The van der Waals surface area contributed by atoms with Crippen molar-refractivity contribution in [2.75, 3.05) is 0 Å². The first-order valence-corrected chi connectivity index (χ1v) is 10.9. The minimum Gasteiger partial charge on any atom is -0.273 e. The third-order valence-corrected chi connectivity index (χ3v) is 5.14. The summed E-state index contributed by atoms with van der Waals surface area (Å²) in [4.78, 5) is 23.6. The van der Waals surface area contributed by atoms with Gasteiger partial charge in [-0.2, -0.15) is 10.2 Å². The molecule has 31 heavy (non-hydrogen) atoms. The number of nitrogens with one attached hydrogen (secondary N) is 2. The molecule has 10 heteroatoms. The Kier molecular flexibility index (Phi) is 10.8. The average Bonchev–Trinajstić information content (AvgIpc) is 2.71. The van der Waals surface area contributed by atoms with E-state index in [0.717, 1.165) is 6.42 Å². The first-order chi connectivity index (χ1) is 14.8. The lowest BCUT2D eigenvalue weighted by molar-refractivity contribution is -0.121. The van der Waals surface area contributed by atoms with Crippen LogP contribution in [0.25, 0.3) is 0 Å². The average molecular weight is 502 g/mol. The SMILES string of the molecule is O=C(CCCCCC(=O)NN=Cc1ccc(Cl)cc1Cl)NN=Cc1ccc(Cl)cc1Cl. The molecule has 0 fully saturated rings. The maximum absolute atomic E-state index is 11.8. The summed E-state index contributed by atoms with van der Waals surface area (Å²) in [5.41, 5.74) is 6.19. The fourth-order valence-electron chi connectivity index (χ4n) is 2.42. The smallest absolute Gasteiger partial charge is 0.240 e. The van der Waals surface area contributed by atoms with E-state index in [0.29, 0.717) is 56.9 Å². The van der Waals surface area contributed by atoms with Crippen LogP contribution in [-0.2, 0) is 9.59 Å². The molecule has 2 amide bonds. The second kappa shape index (κ2) is 13.3. The van der Waals surface area contributed by atoms with Gasteiger partial charge < -0.3 is 0 Å². The minimum absolute atomic E-state index is 0.213. The van der Waals surface area contributed by atoms with Crippen LogP contribution in [0.2, 0.25) is 20.1 Å². The van der Waals surface area contributed by atoms with Crippen molar-refractivity contribution in [1.82, 2.24) is 10.9 Å². The van der Waals surface area contributed by atoms with Gasteiger partial charge >= 0.3 is 0 Å². The van der Waals surface area contributed by atoms with Gasteiger partial charge in [-0.25, -0.2) is 10.9 Å². The third kappa shape index (κ3) is 9.70. The molecule has 2 aromatic rings.